The van der Waals surface area contributed by atoms with Crippen LogP contribution in [0.5, 0.6) is 0 Å². The second kappa shape index (κ2) is 6.64. The van der Waals surface area contributed by atoms with E-state index in [2.05, 4.69) is 0 Å². The summed E-state index contributed by atoms with van der Waals surface area (Å²) in [6, 6.07) is 6.55. The van der Waals surface area contributed by atoms with E-state index in [1.54, 1.807) is 12.1 Å². The van der Waals surface area contributed by atoms with Crippen molar-refractivity contribution >= 4 is 29.3 Å². The lowest BCUT2D eigenvalue weighted by molar-refractivity contribution is -0.139. The van der Waals surface area contributed by atoms with Gasteiger partial charge < -0.3 is 10.8 Å². The average molecular weight is 300 g/mol. The largest absolute Gasteiger partial charge is 0.480 e. The first-order chi connectivity index (χ1) is 9.09. The molecule has 1 aromatic carbocycles. The van der Waals surface area contributed by atoms with Crippen LogP contribution in [0.2, 0.25) is 5.02 Å². The van der Waals surface area contributed by atoms with Crippen molar-refractivity contribution in [3.8, 4) is 0 Å². The third-order valence-corrected chi connectivity index (χ3v) is 5.00. The molecule has 1 unspecified atom stereocenters. The van der Waals surface area contributed by atoms with Crippen molar-refractivity contribution in [2.24, 2.45) is 11.7 Å². The Hall–Kier alpha value is -0.710. The molecule has 2 rings (SSSR count). The van der Waals surface area contributed by atoms with Crippen molar-refractivity contribution in [2.75, 3.05) is 11.5 Å². The molecule has 0 spiro atoms. The summed E-state index contributed by atoms with van der Waals surface area (Å²) in [5.41, 5.74) is 6.90. The molecule has 1 aliphatic heterocycles. The minimum Gasteiger partial charge on any atom is -0.480 e. The topological polar surface area (TPSA) is 63.3 Å². The van der Waals surface area contributed by atoms with Crippen LogP contribution in [-0.4, -0.2) is 28.6 Å². The van der Waals surface area contributed by atoms with Gasteiger partial charge in [-0.05, 0) is 48.0 Å². The molecular weight excluding hydrogens is 282 g/mol. The Morgan fingerprint density at radius 1 is 1.32 bits per heavy atom. The van der Waals surface area contributed by atoms with E-state index in [1.807, 2.05) is 23.9 Å². The van der Waals surface area contributed by atoms with E-state index in [0.717, 1.165) is 29.9 Å². The first-order valence-corrected chi connectivity index (χ1v) is 7.94. The van der Waals surface area contributed by atoms with Crippen LogP contribution in [0.3, 0.4) is 0 Å². The number of rotatable bonds is 4. The number of nitrogens with two attached hydrogens (primary N) is 1. The van der Waals surface area contributed by atoms with Gasteiger partial charge in [0, 0.05) is 10.9 Å². The van der Waals surface area contributed by atoms with Crippen LogP contribution in [-0.2, 0) is 4.79 Å². The minimum atomic E-state index is -0.932. The zero-order chi connectivity index (χ0) is 13.8. The van der Waals surface area contributed by atoms with E-state index >= 15 is 0 Å². The number of hydrogen-bond acceptors (Lipinski definition) is 3. The van der Waals surface area contributed by atoms with Crippen molar-refractivity contribution in [1.82, 2.24) is 0 Å². The van der Waals surface area contributed by atoms with Crippen LogP contribution in [0.4, 0.5) is 0 Å². The highest BCUT2D eigenvalue weighted by atomic mass is 35.5. The SMILES string of the molecule is N[C@H](C(=O)O)C(c1ccc(Cl)cc1)C1CCSCC1. The maximum atomic E-state index is 11.3. The number of thioether (sulfide) groups is 1. The molecule has 1 heterocycles. The van der Waals surface area contributed by atoms with Crippen molar-refractivity contribution in [1.29, 1.82) is 0 Å². The van der Waals surface area contributed by atoms with Gasteiger partial charge >= 0.3 is 5.97 Å². The summed E-state index contributed by atoms with van der Waals surface area (Å²) in [4.78, 5) is 11.3. The van der Waals surface area contributed by atoms with Gasteiger partial charge in [0.1, 0.15) is 6.04 Å². The molecule has 5 heteroatoms. The molecule has 3 N–H and O–H groups in total. The zero-order valence-electron chi connectivity index (χ0n) is 10.6. The van der Waals surface area contributed by atoms with Gasteiger partial charge in [0.25, 0.3) is 0 Å². The fourth-order valence-electron chi connectivity index (χ4n) is 2.69. The predicted octanol–water partition coefficient (Wildman–Crippen LogP) is 2.98. The van der Waals surface area contributed by atoms with Gasteiger partial charge in [0.2, 0.25) is 0 Å². The summed E-state index contributed by atoms with van der Waals surface area (Å²) in [5, 5.41) is 9.90. The summed E-state index contributed by atoms with van der Waals surface area (Å²) in [5.74, 6) is 1.45. The fraction of sp³-hybridized carbons (Fsp3) is 0.500. The Labute approximate surface area is 122 Å². The normalized spacial score (nSPS) is 19.9. The molecule has 19 heavy (non-hydrogen) atoms. The van der Waals surface area contributed by atoms with Gasteiger partial charge in [-0.2, -0.15) is 11.8 Å². The van der Waals surface area contributed by atoms with Crippen LogP contribution in [0.15, 0.2) is 24.3 Å². The number of halogens is 1. The lowest BCUT2D eigenvalue weighted by Gasteiger charge is -2.32. The molecule has 1 aliphatic rings. The third kappa shape index (κ3) is 3.65. The number of aliphatic carboxylic acids is 1. The number of benzene rings is 1. The average Bonchev–Trinajstić information content (AvgIpc) is 2.42. The first kappa shape index (κ1) is 14.7. The lowest BCUT2D eigenvalue weighted by atomic mass is 9.78. The smallest absolute Gasteiger partial charge is 0.321 e. The Kier molecular flexibility index (Phi) is 5.13. The second-order valence-electron chi connectivity index (χ2n) is 4.89. The van der Waals surface area contributed by atoms with Crippen molar-refractivity contribution in [2.45, 2.75) is 24.8 Å². The fourth-order valence-corrected chi connectivity index (χ4v) is 3.96. The summed E-state index contributed by atoms with van der Waals surface area (Å²) >= 11 is 7.82. The van der Waals surface area contributed by atoms with Gasteiger partial charge in [-0.3, -0.25) is 4.79 Å². The molecule has 104 valence electrons. The Balaban J connectivity index is 2.27. The van der Waals surface area contributed by atoms with Crippen LogP contribution in [0.25, 0.3) is 0 Å². The summed E-state index contributed by atoms with van der Waals surface area (Å²) in [6.07, 6.45) is 2.05. The standard InChI is InChI=1S/C14H18ClNO2S/c15-11-3-1-9(2-4-11)12(13(16)14(17)18)10-5-7-19-8-6-10/h1-4,10,12-13H,5-8,16H2,(H,17,18)/t12?,13-/m0/s1. The van der Waals surface area contributed by atoms with Crippen LogP contribution < -0.4 is 5.73 Å². The van der Waals surface area contributed by atoms with Gasteiger partial charge in [0.15, 0.2) is 0 Å². The quantitative estimate of drug-likeness (QED) is 0.897. The van der Waals surface area contributed by atoms with Crippen LogP contribution in [0.1, 0.15) is 24.3 Å². The summed E-state index contributed by atoms with van der Waals surface area (Å²) < 4.78 is 0. The van der Waals surface area contributed by atoms with E-state index in [9.17, 15) is 9.90 Å². The Morgan fingerprint density at radius 2 is 1.89 bits per heavy atom. The molecule has 1 fully saturated rings. The Morgan fingerprint density at radius 3 is 2.42 bits per heavy atom. The van der Waals surface area contributed by atoms with E-state index in [4.69, 9.17) is 17.3 Å². The maximum absolute atomic E-state index is 11.3. The highest BCUT2D eigenvalue weighted by molar-refractivity contribution is 7.99. The van der Waals surface area contributed by atoms with Crippen molar-refractivity contribution in [3.63, 3.8) is 0 Å². The van der Waals surface area contributed by atoms with E-state index < -0.39 is 12.0 Å². The Bertz CT molecular complexity index is 432. The molecule has 0 radical (unpaired) electrons. The summed E-state index contributed by atoms with van der Waals surface area (Å²) in [6.45, 7) is 0. The van der Waals surface area contributed by atoms with Crippen LogP contribution in [0, 0.1) is 5.92 Å². The van der Waals surface area contributed by atoms with Gasteiger partial charge in [0.05, 0.1) is 0 Å². The van der Waals surface area contributed by atoms with E-state index in [1.165, 1.54) is 0 Å². The number of carboxylic acid groups (broad SMARTS) is 1. The van der Waals surface area contributed by atoms with Crippen LogP contribution >= 0.6 is 23.4 Å². The highest BCUT2D eigenvalue weighted by Gasteiger charge is 2.33. The number of carbonyl (C=O) groups is 1. The molecular formula is C14H18ClNO2S. The highest BCUT2D eigenvalue weighted by Crippen LogP contribution is 2.37. The monoisotopic (exact) mass is 299 g/mol. The van der Waals surface area contributed by atoms with Gasteiger partial charge in [-0.15, -0.1) is 0 Å². The predicted molar refractivity (Wildman–Crippen MR) is 79.9 cm³/mol. The van der Waals surface area contributed by atoms with Crippen molar-refractivity contribution in [3.05, 3.63) is 34.9 Å². The molecule has 3 nitrogen and oxygen atoms in total. The molecule has 1 aromatic rings. The molecule has 1 saturated heterocycles. The molecule has 0 aliphatic carbocycles. The van der Waals surface area contributed by atoms with Crippen molar-refractivity contribution < 1.29 is 9.90 Å². The first-order valence-electron chi connectivity index (χ1n) is 6.41. The molecule has 2 atom stereocenters. The van der Waals surface area contributed by atoms with Gasteiger partial charge in [-0.25, -0.2) is 0 Å². The maximum Gasteiger partial charge on any atom is 0.321 e. The lowest BCUT2D eigenvalue weighted by Crippen LogP contribution is -2.41. The third-order valence-electron chi connectivity index (χ3n) is 3.70. The molecule has 0 aromatic heterocycles. The second-order valence-corrected chi connectivity index (χ2v) is 6.55. The minimum absolute atomic E-state index is 0.129. The van der Waals surface area contributed by atoms with E-state index in [-0.39, 0.29) is 5.92 Å². The zero-order valence-corrected chi connectivity index (χ0v) is 12.2. The number of hydrogen-bond donors (Lipinski definition) is 2. The molecule has 0 bridgehead atoms. The number of carboxylic acids is 1. The molecule has 0 amide bonds. The summed E-state index contributed by atoms with van der Waals surface area (Å²) in [7, 11) is 0. The van der Waals surface area contributed by atoms with E-state index in [0.29, 0.717) is 10.9 Å². The molecule has 0 saturated carbocycles. The van der Waals surface area contributed by atoms with Gasteiger partial charge in [-0.1, -0.05) is 23.7 Å².